The van der Waals surface area contributed by atoms with Gasteiger partial charge in [0.15, 0.2) is 0 Å². The van der Waals surface area contributed by atoms with Crippen LogP contribution in [0.1, 0.15) is 61.4 Å². The van der Waals surface area contributed by atoms with Crippen LogP contribution in [0.2, 0.25) is 0 Å². The van der Waals surface area contributed by atoms with Crippen molar-refractivity contribution in [2.75, 3.05) is 5.75 Å². The van der Waals surface area contributed by atoms with E-state index in [-0.39, 0.29) is 29.8 Å². The summed E-state index contributed by atoms with van der Waals surface area (Å²) in [4.78, 5) is 12.4. The molecule has 3 atom stereocenters. The highest BCUT2D eigenvalue weighted by Crippen LogP contribution is 2.23. The molecular weight excluding hydrogens is 352 g/mol. The van der Waals surface area contributed by atoms with Gasteiger partial charge in [-0.05, 0) is 63.1 Å². The van der Waals surface area contributed by atoms with Gasteiger partial charge in [-0.25, -0.2) is 8.42 Å². The zero-order valence-corrected chi connectivity index (χ0v) is 16.0. The van der Waals surface area contributed by atoms with Crippen LogP contribution in [0.4, 0.5) is 0 Å². The lowest BCUT2D eigenvalue weighted by Crippen LogP contribution is -2.43. The quantitative estimate of drug-likeness (QED) is 0.837. The van der Waals surface area contributed by atoms with Gasteiger partial charge in [0.1, 0.15) is 0 Å². The molecule has 0 spiro atoms. The van der Waals surface area contributed by atoms with Crippen molar-refractivity contribution in [2.24, 2.45) is 0 Å². The second-order valence-corrected chi connectivity index (χ2v) is 9.58. The largest absolute Gasteiger partial charge is 0.393 e. The predicted molar refractivity (Wildman–Crippen MR) is 100 cm³/mol. The third-order valence-corrected chi connectivity index (χ3v) is 7.42. The highest BCUT2D eigenvalue weighted by atomic mass is 32.2. The van der Waals surface area contributed by atoms with Crippen molar-refractivity contribution in [3.8, 4) is 0 Å². The summed E-state index contributed by atoms with van der Waals surface area (Å²) >= 11 is 0. The highest BCUT2D eigenvalue weighted by Gasteiger charge is 2.31. The standard InChI is InChI=1S/C19H28N2O4S/c1-14-4-3-11-26(24,25)21(14)13-15-7-9-16(10-8-15)19(23)20-17-5-2-6-18(22)12-17/h7-10,14,17-18,22H,2-6,11-13H2,1H3,(H,20,23). The number of sulfonamides is 1. The first-order chi connectivity index (χ1) is 12.3. The van der Waals surface area contributed by atoms with E-state index in [1.54, 1.807) is 16.4 Å². The Morgan fingerprint density at radius 1 is 1.19 bits per heavy atom. The molecule has 2 fully saturated rings. The molecule has 26 heavy (non-hydrogen) atoms. The molecule has 1 heterocycles. The topological polar surface area (TPSA) is 86.7 Å². The van der Waals surface area contributed by atoms with Crippen LogP contribution >= 0.6 is 0 Å². The number of benzene rings is 1. The van der Waals surface area contributed by atoms with E-state index >= 15 is 0 Å². The van der Waals surface area contributed by atoms with E-state index in [4.69, 9.17) is 0 Å². The number of hydrogen-bond acceptors (Lipinski definition) is 4. The molecule has 7 heteroatoms. The minimum absolute atomic E-state index is 0.00875. The maximum absolute atomic E-state index is 12.4. The summed E-state index contributed by atoms with van der Waals surface area (Å²) in [5.41, 5.74) is 1.44. The van der Waals surface area contributed by atoms with E-state index in [0.717, 1.165) is 37.7 Å². The SMILES string of the molecule is CC1CCCS(=O)(=O)N1Cc1ccc(C(=O)NC2CCCC(O)C2)cc1. The summed E-state index contributed by atoms with van der Waals surface area (Å²) < 4.78 is 26.1. The fourth-order valence-corrected chi connectivity index (χ4v) is 5.62. The average Bonchev–Trinajstić information content (AvgIpc) is 2.58. The van der Waals surface area contributed by atoms with E-state index < -0.39 is 10.0 Å². The molecule has 1 aromatic rings. The van der Waals surface area contributed by atoms with E-state index in [9.17, 15) is 18.3 Å². The van der Waals surface area contributed by atoms with Crippen molar-refractivity contribution in [1.29, 1.82) is 0 Å². The number of carbonyl (C=O) groups is 1. The number of aliphatic hydroxyl groups excluding tert-OH is 1. The predicted octanol–water partition coefficient (Wildman–Crippen LogP) is 2.03. The van der Waals surface area contributed by atoms with Gasteiger partial charge in [0.2, 0.25) is 10.0 Å². The van der Waals surface area contributed by atoms with Crippen LogP contribution in [-0.2, 0) is 16.6 Å². The molecular formula is C19H28N2O4S. The summed E-state index contributed by atoms with van der Waals surface area (Å²) in [6, 6.07) is 7.15. The zero-order chi connectivity index (χ0) is 18.7. The van der Waals surface area contributed by atoms with Gasteiger partial charge in [0, 0.05) is 24.2 Å². The van der Waals surface area contributed by atoms with E-state index in [0.29, 0.717) is 18.5 Å². The molecule has 0 aromatic heterocycles. The van der Waals surface area contributed by atoms with Gasteiger partial charge in [-0.2, -0.15) is 4.31 Å². The molecule has 1 aromatic carbocycles. The van der Waals surface area contributed by atoms with Crippen molar-refractivity contribution in [1.82, 2.24) is 9.62 Å². The van der Waals surface area contributed by atoms with E-state index in [1.807, 2.05) is 19.1 Å². The Balaban J connectivity index is 1.62. The normalized spacial score (nSPS) is 29.2. The summed E-state index contributed by atoms with van der Waals surface area (Å²) in [5, 5.41) is 12.7. The number of hydrogen-bond donors (Lipinski definition) is 2. The number of nitrogens with one attached hydrogen (secondary N) is 1. The lowest BCUT2D eigenvalue weighted by molar-refractivity contribution is 0.0849. The molecule has 3 rings (SSSR count). The molecule has 1 aliphatic carbocycles. The Hall–Kier alpha value is -1.44. The molecule has 1 saturated carbocycles. The monoisotopic (exact) mass is 380 g/mol. The van der Waals surface area contributed by atoms with Crippen molar-refractivity contribution >= 4 is 15.9 Å². The van der Waals surface area contributed by atoms with Crippen LogP contribution < -0.4 is 5.32 Å². The highest BCUT2D eigenvalue weighted by molar-refractivity contribution is 7.89. The van der Waals surface area contributed by atoms with Crippen LogP contribution in [0.5, 0.6) is 0 Å². The smallest absolute Gasteiger partial charge is 0.251 e. The molecule has 6 nitrogen and oxygen atoms in total. The first-order valence-electron chi connectivity index (χ1n) is 9.42. The van der Waals surface area contributed by atoms with Gasteiger partial charge in [0.25, 0.3) is 5.91 Å². The van der Waals surface area contributed by atoms with Gasteiger partial charge >= 0.3 is 0 Å². The molecule has 1 aliphatic heterocycles. The lowest BCUT2D eigenvalue weighted by Gasteiger charge is -2.32. The first kappa shape index (κ1) is 19.3. The third-order valence-electron chi connectivity index (χ3n) is 5.41. The second-order valence-electron chi connectivity index (χ2n) is 7.54. The van der Waals surface area contributed by atoms with Gasteiger partial charge in [-0.3, -0.25) is 4.79 Å². The Kier molecular flexibility index (Phi) is 5.99. The number of rotatable bonds is 4. The van der Waals surface area contributed by atoms with Crippen LogP contribution in [0.25, 0.3) is 0 Å². The molecule has 0 bridgehead atoms. The van der Waals surface area contributed by atoms with Crippen LogP contribution in [-0.4, -0.2) is 47.7 Å². The first-order valence-corrected chi connectivity index (χ1v) is 11.0. The molecule has 2 N–H and O–H groups in total. The Morgan fingerprint density at radius 2 is 1.92 bits per heavy atom. The van der Waals surface area contributed by atoms with Crippen LogP contribution in [0, 0.1) is 0 Å². The summed E-state index contributed by atoms with van der Waals surface area (Å²) in [7, 11) is -3.19. The van der Waals surface area contributed by atoms with Gasteiger partial charge in [-0.1, -0.05) is 12.1 Å². The molecule has 3 unspecified atom stereocenters. The fraction of sp³-hybridized carbons (Fsp3) is 0.632. The van der Waals surface area contributed by atoms with Crippen molar-refractivity contribution < 1.29 is 18.3 Å². The van der Waals surface area contributed by atoms with Gasteiger partial charge < -0.3 is 10.4 Å². The van der Waals surface area contributed by atoms with Crippen molar-refractivity contribution in [3.63, 3.8) is 0 Å². The minimum Gasteiger partial charge on any atom is -0.393 e. The Labute approximate surface area is 155 Å². The average molecular weight is 381 g/mol. The van der Waals surface area contributed by atoms with E-state index in [2.05, 4.69) is 5.32 Å². The van der Waals surface area contributed by atoms with Crippen molar-refractivity contribution in [3.05, 3.63) is 35.4 Å². The summed E-state index contributed by atoms with van der Waals surface area (Å²) in [6.07, 6.45) is 4.50. The number of aliphatic hydroxyl groups is 1. The minimum atomic E-state index is -3.19. The molecule has 1 amide bonds. The molecule has 1 saturated heterocycles. The number of carbonyl (C=O) groups excluding carboxylic acids is 1. The third kappa shape index (κ3) is 4.64. The molecule has 144 valence electrons. The summed E-state index contributed by atoms with van der Waals surface area (Å²) in [5.74, 6) is 0.0695. The van der Waals surface area contributed by atoms with Crippen LogP contribution in [0.3, 0.4) is 0 Å². The van der Waals surface area contributed by atoms with Gasteiger partial charge in [-0.15, -0.1) is 0 Å². The molecule has 0 radical (unpaired) electrons. The van der Waals surface area contributed by atoms with Crippen molar-refractivity contribution in [2.45, 2.75) is 70.2 Å². The number of amides is 1. The second kappa shape index (κ2) is 8.06. The maximum atomic E-state index is 12.4. The summed E-state index contributed by atoms with van der Waals surface area (Å²) in [6.45, 7) is 2.29. The molecule has 2 aliphatic rings. The van der Waals surface area contributed by atoms with Crippen LogP contribution in [0.15, 0.2) is 24.3 Å². The van der Waals surface area contributed by atoms with E-state index in [1.165, 1.54) is 0 Å². The zero-order valence-electron chi connectivity index (χ0n) is 15.2. The maximum Gasteiger partial charge on any atom is 0.251 e. The fourth-order valence-electron chi connectivity index (χ4n) is 3.86. The lowest BCUT2D eigenvalue weighted by atomic mass is 9.93. The number of nitrogens with zero attached hydrogens (tertiary/aromatic N) is 1. The van der Waals surface area contributed by atoms with Gasteiger partial charge in [0.05, 0.1) is 11.9 Å². The Bertz CT molecular complexity index is 732. The Morgan fingerprint density at radius 3 is 2.58 bits per heavy atom.